The Bertz CT molecular complexity index is 467. The van der Waals surface area contributed by atoms with Gasteiger partial charge in [-0.05, 0) is 43.9 Å². The van der Waals surface area contributed by atoms with Gasteiger partial charge in [-0.1, -0.05) is 25.5 Å². The number of hydrogen-bond donors (Lipinski definition) is 1. The molecule has 4 nitrogen and oxygen atoms in total. The van der Waals surface area contributed by atoms with Crippen molar-refractivity contribution in [2.45, 2.75) is 51.1 Å². The topological polar surface area (TPSA) is 47.6 Å². The Kier molecular flexibility index (Phi) is 5.23. The molecule has 1 aliphatic rings. The molecule has 1 atom stereocenters. The second-order valence-electron chi connectivity index (χ2n) is 5.92. The van der Waals surface area contributed by atoms with Gasteiger partial charge >= 0.3 is 5.97 Å². The van der Waals surface area contributed by atoms with Crippen LogP contribution in [0.2, 0.25) is 0 Å². The summed E-state index contributed by atoms with van der Waals surface area (Å²) in [6.45, 7) is 4.27. The number of methoxy groups -OCH3 is 1. The first-order chi connectivity index (χ1) is 10.1. The minimum atomic E-state index is -0.794. The summed E-state index contributed by atoms with van der Waals surface area (Å²) >= 11 is 0. The Hall–Kier alpha value is -1.55. The number of carbonyl (C=O) groups excluding carboxylic acids is 1. The molecule has 116 valence electrons. The van der Waals surface area contributed by atoms with E-state index in [1.54, 1.807) is 0 Å². The Morgan fingerprint density at radius 1 is 1.33 bits per heavy atom. The van der Waals surface area contributed by atoms with Gasteiger partial charge < -0.3 is 9.47 Å². The molecule has 2 rings (SSSR count). The molecule has 0 aromatic heterocycles. The number of ether oxygens (including phenoxy) is 2. The minimum absolute atomic E-state index is 0.267. The molecule has 0 radical (unpaired) electrons. The Balaban J connectivity index is 1.95. The molecule has 1 saturated carbocycles. The largest absolute Gasteiger partial charge is 0.491 e. The maximum Gasteiger partial charge on any atom is 0.329 e. The van der Waals surface area contributed by atoms with Crippen LogP contribution in [0.1, 0.15) is 38.7 Å². The Labute approximate surface area is 126 Å². The molecule has 0 amide bonds. The normalized spacial score (nSPS) is 17.1. The molecule has 1 aromatic carbocycles. The van der Waals surface area contributed by atoms with Gasteiger partial charge in [-0.25, -0.2) is 4.79 Å². The molecule has 1 fully saturated rings. The highest BCUT2D eigenvalue weighted by atomic mass is 16.5. The number of carbonyl (C=O) groups is 1. The van der Waals surface area contributed by atoms with Crippen LogP contribution in [0.15, 0.2) is 24.3 Å². The van der Waals surface area contributed by atoms with E-state index < -0.39 is 5.54 Å². The van der Waals surface area contributed by atoms with Crippen molar-refractivity contribution in [2.24, 2.45) is 0 Å². The van der Waals surface area contributed by atoms with Gasteiger partial charge in [-0.3, -0.25) is 5.32 Å². The van der Waals surface area contributed by atoms with E-state index >= 15 is 0 Å². The third-order valence-electron chi connectivity index (χ3n) is 3.73. The summed E-state index contributed by atoms with van der Waals surface area (Å²) in [5, 5.41) is 3.32. The van der Waals surface area contributed by atoms with Crippen molar-refractivity contribution >= 4 is 5.97 Å². The van der Waals surface area contributed by atoms with Crippen molar-refractivity contribution in [2.75, 3.05) is 13.7 Å². The van der Waals surface area contributed by atoms with Crippen molar-refractivity contribution in [3.8, 4) is 5.75 Å². The summed E-state index contributed by atoms with van der Waals surface area (Å²) in [7, 11) is 1.41. The molecule has 0 spiro atoms. The first-order valence-electron chi connectivity index (χ1n) is 7.65. The lowest BCUT2D eigenvalue weighted by Crippen LogP contribution is -2.55. The third kappa shape index (κ3) is 4.46. The molecule has 21 heavy (non-hydrogen) atoms. The first kappa shape index (κ1) is 15.8. The smallest absolute Gasteiger partial charge is 0.329 e. The fourth-order valence-corrected chi connectivity index (χ4v) is 2.33. The zero-order valence-electron chi connectivity index (χ0n) is 13.1. The van der Waals surface area contributed by atoms with Crippen LogP contribution in [0.4, 0.5) is 0 Å². The van der Waals surface area contributed by atoms with Crippen LogP contribution in [0.3, 0.4) is 0 Å². The number of benzene rings is 1. The van der Waals surface area contributed by atoms with Gasteiger partial charge in [0.05, 0.1) is 7.11 Å². The zero-order valence-corrected chi connectivity index (χ0v) is 13.1. The van der Waals surface area contributed by atoms with Crippen LogP contribution in [0.5, 0.6) is 5.75 Å². The maximum atomic E-state index is 12.0. The van der Waals surface area contributed by atoms with Gasteiger partial charge in [0.25, 0.3) is 0 Å². The molecule has 1 aliphatic carbocycles. The van der Waals surface area contributed by atoms with Gasteiger partial charge in [0.15, 0.2) is 0 Å². The molecule has 0 aliphatic heterocycles. The van der Waals surface area contributed by atoms with Gasteiger partial charge in [0.2, 0.25) is 0 Å². The molecule has 1 aromatic rings. The van der Waals surface area contributed by atoms with Crippen LogP contribution in [0.25, 0.3) is 0 Å². The van der Waals surface area contributed by atoms with Crippen LogP contribution >= 0.6 is 0 Å². The van der Waals surface area contributed by atoms with E-state index in [9.17, 15) is 4.79 Å². The maximum absolute atomic E-state index is 12.0. The van der Waals surface area contributed by atoms with E-state index in [2.05, 4.69) is 24.4 Å². The second-order valence-corrected chi connectivity index (χ2v) is 5.92. The Morgan fingerprint density at radius 3 is 2.52 bits per heavy atom. The molecule has 0 saturated heterocycles. The van der Waals surface area contributed by atoms with E-state index in [0.717, 1.165) is 31.4 Å². The van der Waals surface area contributed by atoms with Crippen molar-refractivity contribution < 1.29 is 14.3 Å². The fraction of sp³-hybridized carbons (Fsp3) is 0.588. The van der Waals surface area contributed by atoms with E-state index in [1.165, 1.54) is 12.7 Å². The lowest BCUT2D eigenvalue weighted by atomic mass is 10.0. The summed E-state index contributed by atoms with van der Waals surface area (Å²) in [4.78, 5) is 12.0. The van der Waals surface area contributed by atoms with Crippen LogP contribution in [0, 0.1) is 0 Å². The Morgan fingerprint density at radius 2 is 2.00 bits per heavy atom. The third-order valence-corrected chi connectivity index (χ3v) is 3.73. The quantitative estimate of drug-likeness (QED) is 0.748. The van der Waals surface area contributed by atoms with Crippen molar-refractivity contribution in [1.29, 1.82) is 0 Å². The standard InChI is InChI=1S/C17H25NO3/c1-4-5-13-6-10-15(11-7-13)21-12-17(2,16(19)20-3)18-14-8-9-14/h6-7,10-11,14,18H,4-5,8-9,12H2,1-3H3. The average molecular weight is 291 g/mol. The van der Waals surface area contributed by atoms with Crippen molar-refractivity contribution in [3.63, 3.8) is 0 Å². The van der Waals surface area contributed by atoms with Gasteiger partial charge in [-0.15, -0.1) is 0 Å². The minimum Gasteiger partial charge on any atom is -0.491 e. The summed E-state index contributed by atoms with van der Waals surface area (Å²) in [5.41, 5.74) is 0.509. The van der Waals surface area contributed by atoms with Gasteiger partial charge in [0.1, 0.15) is 17.9 Å². The fourth-order valence-electron chi connectivity index (χ4n) is 2.33. The summed E-state index contributed by atoms with van der Waals surface area (Å²) in [5.74, 6) is 0.500. The molecule has 1 N–H and O–H groups in total. The molecular weight excluding hydrogens is 266 g/mol. The van der Waals surface area contributed by atoms with Crippen molar-refractivity contribution in [3.05, 3.63) is 29.8 Å². The molecule has 4 heteroatoms. The van der Waals surface area contributed by atoms with Crippen LogP contribution < -0.4 is 10.1 Å². The van der Waals surface area contributed by atoms with Gasteiger partial charge in [0, 0.05) is 6.04 Å². The SMILES string of the molecule is CCCc1ccc(OCC(C)(NC2CC2)C(=O)OC)cc1. The molecular formula is C17H25NO3. The number of rotatable bonds is 8. The summed E-state index contributed by atoms with van der Waals surface area (Å²) in [6.07, 6.45) is 4.42. The van der Waals surface area contributed by atoms with E-state index in [4.69, 9.17) is 9.47 Å². The molecule has 1 unspecified atom stereocenters. The predicted octanol–water partition coefficient (Wildman–Crippen LogP) is 2.70. The van der Waals surface area contributed by atoms with Crippen molar-refractivity contribution in [1.82, 2.24) is 5.32 Å². The molecule has 0 bridgehead atoms. The number of aryl methyl sites for hydroxylation is 1. The number of nitrogens with one attached hydrogen (secondary N) is 1. The predicted molar refractivity (Wildman–Crippen MR) is 82.5 cm³/mol. The highest BCUT2D eigenvalue weighted by Gasteiger charge is 2.40. The number of hydrogen-bond acceptors (Lipinski definition) is 4. The highest BCUT2D eigenvalue weighted by Crippen LogP contribution is 2.24. The lowest BCUT2D eigenvalue weighted by molar-refractivity contribution is -0.149. The summed E-state index contributed by atoms with van der Waals surface area (Å²) < 4.78 is 10.7. The zero-order chi connectivity index (χ0) is 15.3. The van der Waals surface area contributed by atoms with E-state index in [0.29, 0.717) is 6.04 Å². The molecule has 0 heterocycles. The van der Waals surface area contributed by atoms with E-state index in [1.807, 2.05) is 19.1 Å². The summed E-state index contributed by atoms with van der Waals surface area (Å²) in [6, 6.07) is 8.47. The van der Waals surface area contributed by atoms with Crippen LogP contribution in [-0.4, -0.2) is 31.3 Å². The van der Waals surface area contributed by atoms with Gasteiger partial charge in [-0.2, -0.15) is 0 Å². The first-order valence-corrected chi connectivity index (χ1v) is 7.65. The second kappa shape index (κ2) is 6.94. The number of esters is 1. The van der Waals surface area contributed by atoms with Crippen LogP contribution in [-0.2, 0) is 16.0 Å². The van der Waals surface area contributed by atoms with E-state index in [-0.39, 0.29) is 12.6 Å². The lowest BCUT2D eigenvalue weighted by Gasteiger charge is -2.28. The average Bonchev–Trinajstić information content (AvgIpc) is 3.30. The monoisotopic (exact) mass is 291 g/mol. The highest BCUT2D eigenvalue weighted by molar-refractivity contribution is 5.80.